The third kappa shape index (κ3) is 10.5. The summed E-state index contributed by atoms with van der Waals surface area (Å²) in [6.45, 7) is 20.9. The standard InChI is InChI=1S/C40H53N7O7Si/c1-28-32(45-38(49)51-24-20-46-18-22-50-23-19-46)27-47-36(28)35(29(25-41)26-43-47)44-30-13-15-31(16-14-30)53-33-11-9-10-12-34(33)54-40(5,6)37(48)42-17-21-52-55(7,8)39(2,3)4/h9-16,26-27,44H,17-24H2,1-8H3,(H,42,48)(H,45,49). The maximum Gasteiger partial charge on any atom is 0.411 e. The maximum atomic E-state index is 13.2. The van der Waals surface area contributed by atoms with Gasteiger partial charge in [0.1, 0.15) is 18.4 Å². The zero-order valence-electron chi connectivity index (χ0n) is 33.1. The smallest absolute Gasteiger partial charge is 0.411 e. The Morgan fingerprint density at radius 2 is 1.69 bits per heavy atom. The number of nitrogens with one attached hydrogen (secondary N) is 3. The summed E-state index contributed by atoms with van der Waals surface area (Å²) in [6, 6.07) is 16.6. The molecule has 0 atom stereocenters. The highest BCUT2D eigenvalue weighted by atomic mass is 28.4. The molecule has 55 heavy (non-hydrogen) atoms. The van der Waals surface area contributed by atoms with Crippen LogP contribution in [0.4, 0.5) is 21.9 Å². The quantitative estimate of drug-likeness (QED) is 0.0827. The molecule has 1 fully saturated rings. The maximum absolute atomic E-state index is 13.2. The lowest BCUT2D eigenvalue weighted by Crippen LogP contribution is -2.48. The van der Waals surface area contributed by atoms with Gasteiger partial charge in [-0.25, -0.2) is 9.31 Å². The molecular weight excluding hydrogens is 719 g/mol. The number of anilines is 3. The second-order valence-electron chi connectivity index (χ2n) is 15.4. The number of hydrogen-bond acceptors (Lipinski definition) is 11. The molecule has 0 bridgehead atoms. The lowest BCUT2D eigenvalue weighted by Gasteiger charge is -2.36. The van der Waals surface area contributed by atoms with Crippen LogP contribution in [0.3, 0.4) is 0 Å². The molecule has 0 spiro atoms. The summed E-state index contributed by atoms with van der Waals surface area (Å²) in [5, 5.41) is 23.5. The number of aromatic nitrogens is 2. The summed E-state index contributed by atoms with van der Waals surface area (Å²) in [5.41, 5.74) is 2.22. The van der Waals surface area contributed by atoms with Crippen molar-refractivity contribution >= 4 is 42.9 Å². The summed E-state index contributed by atoms with van der Waals surface area (Å²) in [5.74, 6) is 1.12. The van der Waals surface area contributed by atoms with E-state index in [4.69, 9.17) is 23.4 Å². The minimum absolute atomic E-state index is 0.0843. The fourth-order valence-electron chi connectivity index (χ4n) is 5.58. The first-order chi connectivity index (χ1) is 26.1. The Balaban J connectivity index is 1.21. The molecule has 2 aromatic carbocycles. The summed E-state index contributed by atoms with van der Waals surface area (Å²) in [6.07, 6.45) is 2.59. The number of nitrogens with zero attached hydrogens (tertiary/aromatic N) is 4. The minimum atomic E-state index is -1.92. The van der Waals surface area contributed by atoms with Crippen LogP contribution < -0.4 is 25.4 Å². The van der Waals surface area contributed by atoms with E-state index in [2.05, 4.69) is 65.9 Å². The highest BCUT2D eigenvalue weighted by molar-refractivity contribution is 6.74. The molecule has 1 aliphatic rings. The Kier molecular flexibility index (Phi) is 13.1. The van der Waals surface area contributed by atoms with Gasteiger partial charge in [0.05, 0.1) is 54.7 Å². The number of aryl methyl sites for hydroxylation is 1. The van der Waals surface area contributed by atoms with E-state index in [-0.39, 0.29) is 17.6 Å². The second-order valence-corrected chi connectivity index (χ2v) is 20.2. The molecule has 0 saturated carbocycles. The van der Waals surface area contributed by atoms with Crippen LogP contribution in [0.5, 0.6) is 17.2 Å². The lowest BCUT2D eigenvalue weighted by atomic mass is 10.1. The van der Waals surface area contributed by atoms with Gasteiger partial charge >= 0.3 is 6.09 Å². The molecule has 294 valence electrons. The van der Waals surface area contributed by atoms with Crippen molar-refractivity contribution in [2.24, 2.45) is 0 Å². The average molecular weight is 772 g/mol. The number of carbonyl (C=O) groups is 2. The number of ether oxygens (including phenoxy) is 4. The fraction of sp³-hybridized carbons (Fsp3) is 0.450. The van der Waals surface area contributed by atoms with E-state index in [1.165, 1.54) is 6.20 Å². The second kappa shape index (κ2) is 17.5. The Bertz CT molecular complexity index is 2000. The molecule has 3 N–H and O–H groups in total. The van der Waals surface area contributed by atoms with E-state index in [1.807, 2.05) is 31.2 Å². The van der Waals surface area contributed by atoms with E-state index in [0.29, 0.717) is 83.9 Å². The van der Waals surface area contributed by atoms with Gasteiger partial charge in [-0.1, -0.05) is 32.9 Å². The number of benzene rings is 2. The van der Waals surface area contributed by atoms with Crippen LogP contribution in [-0.2, 0) is 18.7 Å². The van der Waals surface area contributed by atoms with E-state index >= 15 is 0 Å². The van der Waals surface area contributed by atoms with Crippen molar-refractivity contribution in [3.63, 3.8) is 0 Å². The molecule has 2 aromatic heterocycles. The zero-order valence-corrected chi connectivity index (χ0v) is 34.1. The van der Waals surface area contributed by atoms with Crippen LogP contribution in [0, 0.1) is 18.3 Å². The number of hydrogen-bond donors (Lipinski definition) is 3. The van der Waals surface area contributed by atoms with Crippen LogP contribution in [0.15, 0.2) is 60.9 Å². The van der Waals surface area contributed by atoms with Gasteiger partial charge in [-0.05, 0) is 75.3 Å². The molecule has 3 heterocycles. The first-order valence-electron chi connectivity index (χ1n) is 18.5. The average Bonchev–Trinajstić information content (AvgIpc) is 3.46. The number of nitriles is 1. The first kappa shape index (κ1) is 41.0. The molecule has 5 rings (SSSR count). The number of morpholine rings is 1. The van der Waals surface area contributed by atoms with Gasteiger partial charge < -0.3 is 34.0 Å². The van der Waals surface area contributed by atoms with E-state index in [1.54, 1.807) is 48.8 Å². The van der Waals surface area contributed by atoms with E-state index in [9.17, 15) is 14.9 Å². The zero-order chi connectivity index (χ0) is 39.8. The van der Waals surface area contributed by atoms with Crippen LogP contribution in [0.2, 0.25) is 18.1 Å². The van der Waals surface area contributed by atoms with Crippen LogP contribution in [0.25, 0.3) is 5.52 Å². The van der Waals surface area contributed by atoms with Crippen LogP contribution in [0.1, 0.15) is 45.7 Å². The Morgan fingerprint density at radius 1 is 1.00 bits per heavy atom. The predicted molar refractivity (Wildman–Crippen MR) is 214 cm³/mol. The number of amides is 2. The number of rotatable bonds is 15. The van der Waals surface area contributed by atoms with E-state index < -0.39 is 20.0 Å². The van der Waals surface area contributed by atoms with Gasteiger partial charge in [0.2, 0.25) is 0 Å². The summed E-state index contributed by atoms with van der Waals surface area (Å²) in [4.78, 5) is 28.0. The number of fused-ring (bicyclic) bond motifs is 1. The lowest BCUT2D eigenvalue weighted by molar-refractivity contribution is -0.134. The van der Waals surface area contributed by atoms with Crippen molar-refractivity contribution in [2.75, 3.05) is 63.2 Å². The van der Waals surface area contributed by atoms with Crippen molar-refractivity contribution in [1.82, 2.24) is 19.8 Å². The molecular formula is C40H53N7O7Si. The summed E-state index contributed by atoms with van der Waals surface area (Å²) in [7, 11) is -1.92. The highest BCUT2D eigenvalue weighted by Gasteiger charge is 2.37. The molecule has 0 aliphatic carbocycles. The summed E-state index contributed by atoms with van der Waals surface area (Å²) >= 11 is 0. The third-order valence-corrected chi connectivity index (χ3v) is 14.5. The topological polar surface area (TPSA) is 161 Å². The Labute approximate surface area is 324 Å². The first-order valence-corrected chi connectivity index (χ1v) is 21.4. The van der Waals surface area contributed by atoms with Crippen molar-refractivity contribution in [3.8, 4) is 23.3 Å². The van der Waals surface area contributed by atoms with Crippen LogP contribution >= 0.6 is 0 Å². The van der Waals surface area contributed by atoms with Crippen molar-refractivity contribution in [3.05, 3.63) is 72.1 Å². The van der Waals surface area contributed by atoms with Crippen molar-refractivity contribution in [1.29, 1.82) is 5.26 Å². The molecule has 15 heteroatoms. The van der Waals surface area contributed by atoms with Gasteiger partial charge in [0.25, 0.3) is 5.91 Å². The summed E-state index contributed by atoms with van der Waals surface area (Å²) < 4.78 is 31.0. The highest BCUT2D eigenvalue weighted by Crippen LogP contribution is 2.37. The van der Waals surface area contributed by atoms with E-state index in [0.717, 1.165) is 13.1 Å². The van der Waals surface area contributed by atoms with Gasteiger partial charge in [-0.2, -0.15) is 10.4 Å². The van der Waals surface area contributed by atoms with Gasteiger partial charge in [0.15, 0.2) is 25.4 Å². The molecule has 1 saturated heterocycles. The minimum Gasteiger partial charge on any atom is -0.474 e. The molecule has 4 aromatic rings. The third-order valence-electron chi connectivity index (χ3n) is 9.93. The predicted octanol–water partition coefficient (Wildman–Crippen LogP) is 7.23. The number of para-hydroxylation sites is 2. The SMILES string of the molecule is Cc1c(NC(=O)OCCN2CCOCC2)cn2ncc(C#N)c(Nc3ccc(Oc4ccccc4OC(C)(C)C(=O)NCCO[Si](C)(C)C(C)(C)C)cc3)c12. The molecule has 1 aliphatic heterocycles. The normalized spacial score (nSPS) is 13.9. The molecule has 0 unspecified atom stereocenters. The number of carbonyl (C=O) groups excluding carboxylic acids is 2. The van der Waals surface area contributed by atoms with Gasteiger partial charge in [-0.15, -0.1) is 0 Å². The van der Waals surface area contributed by atoms with Crippen molar-refractivity contribution < 1.29 is 33.0 Å². The van der Waals surface area contributed by atoms with Crippen molar-refractivity contribution in [2.45, 2.75) is 65.3 Å². The largest absolute Gasteiger partial charge is 0.474 e. The Hall–Kier alpha value is -5.14. The van der Waals surface area contributed by atoms with Gasteiger partial charge in [-0.3, -0.25) is 15.0 Å². The van der Waals surface area contributed by atoms with Gasteiger partial charge in [0, 0.05) is 37.4 Å². The monoisotopic (exact) mass is 771 g/mol. The molecule has 14 nitrogen and oxygen atoms in total. The molecule has 0 radical (unpaired) electrons. The Morgan fingerprint density at radius 3 is 2.36 bits per heavy atom. The van der Waals surface area contributed by atoms with Crippen LogP contribution in [-0.4, -0.2) is 93.0 Å². The fourth-order valence-corrected chi connectivity index (χ4v) is 6.63. The molecule has 2 amide bonds.